The molecule has 2 rings (SSSR count). The van der Waals surface area contributed by atoms with Gasteiger partial charge in [0.05, 0.1) is 5.71 Å². The Bertz CT molecular complexity index is 349. The van der Waals surface area contributed by atoms with Gasteiger partial charge in [0.15, 0.2) is 0 Å². The molecule has 2 aliphatic heterocycles. The van der Waals surface area contributed by atoms with Crippen LogP contribution >= 0.6 is 0 Å². The number of carbonyl (C=O) groups is 1. The maximum atomic E-state index is 10.8. The average Bonchev–Trinajstić information content (AvgIpc) is 2.62. The molecule has 0 bridgehead atoms. The number of amides is 1. The summed E-state index contributed by atoms with van der Waals surface area (Å²) in [6.07, 6.45) is 1.48. The van der Waals surface area contributed by atoms with E-state index in [-0.39, 0.29) is 11.0 Å². The summed E-state index contributed by atoms with van der Waals surface area (Å²) < 4.78 is 0. The van der Waals surface area contributed by atoms with E-state index in [1.165, 1.54) is 4.90 Å². The maximum Gasteiger partial charge on any atom is 0.407 e. The Labute approximate surface area is 101 Å². The van der Waals surface area contributed by atoms with Gasteiger partial charge >= 0.3 is 6.09 Å². The van der Waals surface area contributed by atoms with Gasteiger partial charge in [0.1, 0.15) is 5.60 Å². The molecule has 0 unspecified atom stereocenters. The van der Waals surface area contributed by atoms with Crippen LogP contribution in [-0.2, 0) is 4.84 Å². The Balaban J connectivity index is 1.97. The van der Waals surface area contributed by atoms with Crippen molar-refractivity contribution in [2.75, 3.05) is 13.1 Å². The Kier molecular flexibility index (Phi) is 2.79. The standard InChI is InChI=1S/C12H20N2O3/c1-11(2,3)9-8-12(17-13-9)4-6-14(7-5-12)10(15)16/h4-8H2,1-3H3,(H,15,16). The third-order valence-corrected chi connectivity index (χ3v) is 3.65. The zero-order valence-electron chi connectivity index (χ0n) is 10.7. The highest BCUT2D eigenvalue weighted by molar-refractivity contribution is 5.90. The van der Waals surface area contributed by atoms with E-state index in [1.807, 2.05) is 0 Å². The number of oxime groups is 1. The zero-order valence-corrected chi connectivity index (χ0v) is 10.7. The molecule has 1 spiro atoms. The molecule has 0 radical (unpaired) electrons. The van der Waals surface area contributed by atoms with Gasteiger partial charge in [0.25, 0.3) is 0 Å². The second-order valence-corrected chi connectivity index (χ2v) is 6.01. The van der Waals surface area contributed by atoms with Gasteiger partial charge in [-0.15, -0.1) is 0 Å². The molecule has 5 heteroatoms. The van der Waals surface area contributed by atoms with E-state index in [2.05, 4.69) is 25.9 Å². The number of piperidine rings is 1. The molecule has 2 heterocycles. The molecule has 96 valence electrons. The SMILES string of the molecule is CC(C)(C)C1=NOC2(CCN(C(=O)O)CC2)C1. The molecule has 1 saturated heterocycles. The smallest absolute Gasteiger partial charge is 0.407 e. The number of likely N-dealkylation sites (tertiary alicyclic amines) is 1. The van der Waals surface area contributed by atoms with Crippen LogP contribution in [0.15, 0.2) is 5.16 Å². The molecule has 1 amide bonds. The van der Waals surface area contributed by atoms with Crippen molar-refractivity contribution in [2.45, 2.75) is 45.6 Å². The topological polar surface area (TPSA) is 62.1 Å². The lowest BCUT2D eigenvalue weighted by Crippen LogP contribution is -2.46. The van der Waals surface area contributed by atoms with Crippen molar-refractivity contribution in [1.82, 2.24) is 4.90 Å². The maximum absolute atomic E-state index is 10.8. The minimum atomic E-state index is -0.838. The summed E-state index contributed by atoms with van der Waals surface area (Å²) in [5, 5.41) is 13.1. The Morgan fingerprint density at radius 1 is 1.41 bits per heavy atom. The van der Waals surface area contributed by atoms with Crippen LogP contribution in [0.5, 0.6) is 0 Å². The van der Waals surface area contributed by atoms with E-state index >= 15 is 0 Å². The van der Waals surface area contributed by atoms with Crippen molar-refractivity contribution < 1.29 is 14.7 Å². The van der Waals surface area contributed by atoms with Gasteiger partial charge in [0.2, 0.25) is 0 Å². The summed E-state index contributed by atoms with van der Waals surface area (Å²) in [5.41, 5.74) is 0.878. The van der Waals surface area contributed by atoms with Gasteiger partial charge in [-0.25, -0.2) is 4.79 Å². The van der Waals surface area contributed by atoms with Crippen molar-refractivity contribution in [3.05, 3.63) is 0 Å². The highest BCUT2D eigenvalue weighted by atomic mass is 16.7. The van der Waals surface area contributed by atoms with Crippen molar-refractivity contribution >= 4 is 11.8 Å². The van der Waals surface area contributed by atoms with Crippen LogP contribution in [0.1, 0.15) is 40.0 Å². The summed E-state index contributed by atoms with van der Waals surface area (Å²) in [4.78, 5) is 17.9. The third-order valence-electron chi connectivity index (χ3n) is 3.65. The lowest BCUT2D eigenvalue weighted by Gasteiger charge is -2.36. The summed E-state index contributed by atoms with van der Waals surface area (Å²) >= 11 is 0. The molecule has 17 heavy (non-hydrogen) atoms. The summed E-state index contributed by atoms with van der Waals surface area (Å²) in [7, 11) is 0. The molecule has 1 fully saturated rings. The summed E-state index contributed by atoms with van der Waals surface area (Å²) in [6.45, 7) is 7.46. The first-order chi connectivity index (χ1) is 7.82. The summed E-state index contributed by atoms with van der Waals surface area (Å²) in [5.74, 6) is 0. The van der Waals surface area contributed by atoms with Gasteiger partial charge in [-0.3, -0.25) is 0 Å². The fourth-order valence-corrected chi connectivity index (χ4v) is 2.30. The molecule has 0 aliphatic carbocycles. The minimum Gasteiger partial charge on any atom is -0.465 e. The Morgan fingerprint density at radius 3 is 2.41 bits per heavy atom. The molecule has 0 aromatic heterocycles. The quantitative estimate of drug-likeness (QED) is 0.706. The van der Waals surface area contributed by atoms with Crippen molar-refractivity contribution in [3.63, 3.8) is 0 Å². The van der Waals surface area contributed by atoms with Crippen LogP contribution in [0.4, 0.5) is 4.79 Å². The van der Waals surface area contributed by atoms with Gasteiger partial charge in [-0.2, -0.15) is 0 Å². The van der Waals surface area contributed by atoms with Gasteiger partial charge < -0.3 is 14.8 Å². The number of carboxylic acid groups (broad SMARTS) is 1. The van der Waals surface area contributed by atoms with Crippen molar-refractivity contribution in [1.29, 1.82) is 0 Å². The fraction of sp³-hybridized carbons (Fsp3) is 0.833. The van der Waals surface area contributed by atoms with E-state index in [9.17, 15) is 4.79 Å². The van der Waals surface area contributed by atoms with E-state index in [4.69, 9.17) is 9.94 Å². The largest absolute Gasteiger partial charge is 0.465 e. The van der Waals surface area contributed by atoms with Gasteiger partial charge in [-0.1, -0.05) is 25.9 Å². The Morgan fingerprint density at radius 2 is 2.00 bits per heavy atom. The Hall–Kier alpha value is -1.26. The first kappa shape index (κ1) is 12.2. The van der Waals surface area contributed by atoms with Crippen LogP contribution in [0.25, 0.3) is 0 Å². The first-order valence-electron chi connectivity index (χ1n) is 6.06. The number of nitrogens with zero attached hydrogens (tertiary/aromatic N) is 2. The fourth-order valence-electron chi connectivity index (χ4n) is 2.30. The predicted octanol–water partition coefficient (Wildman–Crippen LogP) is 2.32. The van der Waals surface area contributed by atoms with Crippen LogP contribution in [0.3, 0.4) is 0 Å². The molecule has 0 atom stereocenters. The first-order valence-corrected chi connectivity index (χ1v) is 6.06. The molecular weight excluding hydrogens is 220 g/mol. The lowest BCUT2D eigenvalue weighted by atomic mass is 9.79. The van der Waals surface area contributed by atoms with Crippen LogP contribution in [0, 0.1) is 5.41 Å². The van der Waals surface area contributed by atoms with Gasteiger partial charge in [-0.05, 0) is 0 Å². The zero-order chi connectivity index (χ0) is 12.7. The van der Waals surface area contributed by atoms with E-state index < -0.39 is 6.09 Å². The van der Waals surface area contributed by atoms with E-state index in [0.29, 0.717) is 13.1 Å². The van der Waals surface area contributed by atoms with Gasteiger partial charge in [0, 0.05) is 37.8 Å². The van der Waals surface area contributed by atoms with Crippen molar-refractivity contribution in [2.24, 2.45) is 10.6 Å². The third kappa shape index (κ3) is 2.37. The second-order valence-electron chi connectivity index (χ2n) is 6.01. The minimum absolute atomic E-state index is 0.0352. The number of rotatable bonds is 0. The lowest BCUT2D eigenvalue weighted by molar-refractivity contribution is -0.0576. The van der Waals surface area contributed by atoms with E-state index in [1.54, 1.807) is 0 Å². The normalized spacial score (nSPS) is 23.5. The number of hydrogen-bond donors (Lipinski definition) is 1. The average molecular weight is 240 g/mol. The highest BCUT2D eigenvalue weighted by Crippen LogP contribution is 2.38. The second kappa shape index (κ2) is 3.89. The molecule has 5 nitrogen and oxygen atoms in total. The molecule has 1 N–H and O–H groups in total. The van der Waals surface area contributed by atoms with E-state index in [0.717, 1.165) is 25.0 Å². The predicted molar refractivity (Wildman–Crippen MR) is 64.2 cm³/mol. The monoisotopic (exact) mass is 240 g/mol. The molecule has 0 aromatic rings. The molecule has 2 aliphatic rings. The molecular formula is C12H20N2O3. The summed E-state index contributed by atoms with van der Waals surface area (Å²) in [6, 6.07) is 0. The molecule has 0 aromatic carbocycles. The van der Waals surface area contributed by atoms with Crippen LogP contribution < -0.4 is 0 Å². The highest BCUT2D eigenvalue weighted by Gasteiger charge is 2.45. The molecule has 0 saturated carbocycles. The van der Waals surface area contributed by atoms with Crippen LogP contribution in [0.2, 0.25) is 0 Å². The van der Waals surface area contributed by atoms with Crippen molar-refractivity contribution in [3.8, 4) is 0 Å². The van der Waals surface area contributed by atoms with Crippen LogP contribution in [-0.4, -0.2) is 40.5 Å². The number of hydrogen-bond acceptors (Lipinski definition) is 3.